The largest absolute Gasteiger partial charge is 0.497 e. The molecule has 0 amide bonds. The second kappa shape index (κ2) is 9.85. The fourth-order valence-electron chi connectivity index (χ4n) is 3.87. The fraction of sp³-hybridized carbons (Fsp3) is 0.222. The lowest BCUT2D eigenvalue weighted by molar-refractivity contribution is -0.144. The summed E-state index contributed by atoms with van der Waals surface area (Å²) < 4.78 is 59.0. The number of hydrogen-bond acceptors (Lipinski definition) is 4. The number of fused-ring (bicyclic) bond motifs is 1. The zero-order valence-corrected chi connectivity index (χ0v) is 19.8. The van der Waals surface area contributed by atoms with Crippen molar-refractivity contribution in [1.29, 1.82) is 0 Å². The zero-order valence-electron chi connectivity index (χ0n) is 19.8. The Morgan fingerprint density at radius 3 is 2.33 bits per heavy atom. The normalized spacial score (nSPS) is 12.4. The van der Waals surface area contributed by atoms with Gasteiger partial charge in [-0.05, 0) is 74.0 Å². The van der Waals surface area contributed by atoms with Crippen LogP contribution >= 0.6 is 0 Å². The molecule has 0 radical (unpaired) electrons. The number of carbonyl (C=O) groups is 1. The molecule has 4 rings (SSSR count). The molecule has 0 aliphatic heterocycles. The Bertz CT molecular complexity index is 1390. The average Bonchev–Trinajstić information content (AvgIpc) is 3.09. The number of rotatable bonds is 8. The van der Waals surface area contributed by atoms with Gasteiger partial charge in [-0.3, -0.25) is 0 Å². The van der Waals surface area contributed by atoms with Gasteiger partial charge < -0.3 is 23.9 Å². The Morgan fingerprint density at radius 1 is 1.00 bits per heavy atom. The molecule has 0 aliphatic carbocycles. The topological polar surface area (TPSA) is 69.9 Å². The van der Waals surface area contributed by atoms with Gasteiger partial charge in [0.15, 0.2) is 11.9 Å². The first-order valence-electron chi connectivity index (χ1n) is 11.1. The van der Waals surface area contributed by atoms with E-state index in [0.29, 0.717) is 39.6 Å². The van der Waals surface area contributed by atoms with E-state index in [0.717, 1.165) is 17.7 Å². The highest BCUT2D eigenvalue weighted by molar-refractivity contribution is 5.89. The number of aliphatic carboxylic acids is 1. The van der Waals surface area contributed by atoms with Crippen molar-refractivity contribution in [2.75, 3.05) is 7.11 Å². The number of ether oxygens (including phenoxy) is 3. The van der Waals surface area contributed by atoms with Crippen LogP contribution in [0.4, 0.5) is 13.2 Å². The molecule has 3 aromatic carbocycles. The molecule has 1 heterocycles. The van der Waals surface area contributed by atoms with Crippen molar-refractivity contribution >= 4 is 16.9 Å². The number of alkyl halides is 3. The molecule has 0 saturated heterocycles. The van der Waals surface area contributed by atoms with Crippen LogP contribution in [0.5, 0.6) is 23.0 Å². The lowest BCUT2D eigenvalue weighted by Gasteiger charge is -2.13. The molecule has 0 spiro atoms. The van der Waals surface area contributed by atoms with Crippen LogP contribution in [-0.4, -0.2) is 28.9 Å². The summed E-state index contributed by atoms with van der Waals surface area (Å²) in [6.45, 7) is 3.41. The highest BCUT2D eigenvalue weighted by Crippen LogP contribution is 2.40. The van der Waals surface area contributed by atoms with E-state index in [1.54, 1.807) is 67.1 Å². The summed E-state index contributed by atoms with van der Waals surface area (Å²) in [6, 6.07) is 17.2. The Balaban J connectivity index is 1.77. The van der Waals surface area contributed by atoms with E-state index >= 15 is 0 Å². The van der Waals surface area contributed by atoms with Crippen LogP contribution in [0.2, 0.25) is 0 Å². The zero-order chi connectivity index (χ0) is 26.0. The van der Waals surface area contributed by atoms with Gasteiger partial charge in [-0.2, -0.15) is 13.2 Å². The summed E-state index contributed by atoms with van der Waals surface area (Å²) in [7, 11) is 1.55. The maximum absolute atomic E-state index is 13.5. The van der Waals surface area contributed by atoms with Crippen molar-refractivity contribution in [2.45, 2.75) is 32.7 Å². The van der Waals surface area contributed by atoms with E-state index in [2.05, 4.69) is 0 Å². The quantitative estimate of drug-likeness (QED) is 0.293. The first-order valence-corrected chi connectivity index (χ1v) is 11.1. The number of nitrogens with zero attached hydrogens (tertiary/aromatic N) is 1. The average molecular weight is 499 g/mol. The third-order valence-corrected chi connectivity index (χ3v) is 5.77. The van der Waals surface area contributed by atoms with Gasteiger partial charge in [0.2, 0.25) is 0 Å². The maximum atomic E-state index is 13.5. The summed E-state index contributed by atoms with van der Waals surface area (Å²) in [5.41, 5.74) is 0.942. The number of methoxy groups -OCH3 is 1. The molecule has 0 bridgehead atoms. The molecule has 0 unspecified atom stereocenters. The van der Waals surface area contributed by atoms with Gasteiger partial charge in [-0.25, -0.2) is 4.79 Å². The summed E-state index contributed by atoms with van der Waals surface area (Å²) in [5.74, 6) is 0.845. The predicted molar refractivity (Wildman–Crippen MR) is 128 cm³/mol. The minimum Gasteiger partial charge on any atom is -0.497 e. The van der Waals surface area contributed by atoms with Gasteiger partial charge in [-0.15, -0.1) is 0 Å². The second-order valence-electron chi connectivity index (χ2n) is 8.25. The Kier molecular flexibility index (Phi) is 6.83. The molecule has 0 saturated carbocycles. The van der Waals surface area contributed by atoms with Crippen LogP contribution in [0.25, 0.3) is 10.9 Å². The Morgan fingerprint density at radius 2 is 1.69 bits per heavy atom. The third kappa shape index (κ3) is 5.25. The van der Waals surface area contributed by atoms with E-state index in [-0.39, 0.29) is 6.54 Å². The standard InChI is InChI=1S/C27H24F3NO5/c1-16-25(36-21-10-8-20(34-3)9-11-21)23-12-7-19(27(28,29)30)14-24(23)31(16)15-18-5-4-6-22(13-18)35-17(2)26(32)33/h4-14,17H,15H2,1-3H3,(H,32,33)/t17-/m0/s1. The second-order valence-corrected chi connectivity index (χ2v) is 8.25. The molecule has 4 aromatic rings. The summed E-state index contributed by atoms with van der Waals surface area (Å²) in [5, 5.41) is 9.64. The maximum Gasteiger partial charge on any atom is 0.416 e. The van der Waals surface area contributed by atoms with Crippen LogP contribution in [0.15, 0.2) is 66.7 Å². The number of carboxylic acids is 1. The van der Waals surface area contributed by atoms with Crippen molar-refractivity contribution in [3.05, 3.63) is 83.6 Å². The number of benzene rings is 3. The molecule has 6 nitrogen and oxygen atoms in total. The first kappa shape index (κ1) is 25.0. The minimum atomic E-state index is -4.51. The summed E-state index contributed by atoms with van der Waals surface area (Å²) in [4.78, 5) is 11.1. The molecule has 9 heteroatoms. The minimum absolute atomic E-state index is 0.217. The van der Waals surface area contributed by atoms with Crippen LogP contribution in [0.3, 0.4) is 0 Å². The molecule has 0 aliphatic rings. The van der Waals surface area contributed by atoms with Gasteiger partial charge in [0, 0.05) is 11.9 Å². The molecular formula is C27H24F3NO5. The number of halogens is 3. The molecular weight excluding hydrogens is 475 g/mol. The SMILES string of the molecule is COc1ccc(Oc2c(C)n(Cc3cccc(O[C@@H](C)C(=O)O)c3)c3cc(C(F)(F)F)ccc23)cc1. The third-order valence-electron chi connectivity index (χ3n) is 5.77. The predicted octanol–water partition coefficient (Wildman–Crippen LogP) is 6.67. The highest BCUT2D eigenvalue weighted by Gasteiger charge is 2.31. The highest BCUT2D eigenvalue weighted by atomic mass is 19.4. The van der Waals surface area contributed by atoms with Crippen LogP contribution < -0.4 is 14.2 Å². The first-order chi connectivity index (χ1) is 17.1. The van der Waals surface area contributed by atoms with E-state index < -0.39 is 23.8 Å². The van der Waals surface area contributed by atoms with Crippen LogP contribution in [-0.2, 0) is 17.5 Å². The molecule has 0 fully saturated rings. The Hall–Kier alpha value is -4.14. The van der Waals surface area contributed by atoms with Crippen molar-refractivity contribution in [1.82, 2.24) is 4.57 Å². The molecule has 36 heavy (non-hydrogen) atoms. The van der Waals surface area contributed by atoms with E-state index in [9.17, 15) is 18.0 Å². The molecule has 1 aromatic heterocycles. The van der Waals surface area contributed by atoms with Gasteiger partial charge in [-0.1, -0.05) is 12.1 Å². The van der Waals surface area contributed by atoms with Gasteiger partial charge in [0.25, 0.3) is 0 Å². The molecule has 1 N–H and O–H groups in total. The van der Waals surface area contributed by atoms with Crippen LogP contribution in [0, 0.1) is 6.92 Å². The van der Waals surface area contributed by atoms with Gasteiger partial charge in [0.05, 0.1) is 23.9 Å². The smallest absolute Gasteiger partial charge is 0.416 e. The van der Waals surface area contributed by atoms with Crippen molar-refractivity contribution in [2.24, 2.45) is 0 Å². The lowest BCUT2D eigenvalue weighted by atomic mass is 10.1. The number of hydrogen-bond donors (Lipinski definition) is 1. The van der Waals surface area contributed by atoms with Gasteiger partial charge in [0.1, 0.15) is 17.2 Å². The molecule has 188 valence electrons. The van der Waals surface area contributed by atoms with E-state index in [4.69, 9.17) is 19.3 Å². The number of carboxylic acid groups (broad SMARTS) is 1. The van der Waals surface area contributed by atoms with Crippen LogP contribution in [0.1, 0.15) is 23.7 Å². The lowest BCUT2D eigenvalue weighted by Crippen LogP contribution is -2.22. The Labute approximate surface area is 205 Å². The monoisotopic (exact) mass is 499 g/mol. The summed E-state index contributed by atoms with van der Waals surface area (Å²) >= 11 is 0. The van der Waals surface area contributed by atoms with Gasteiger partial charge >= 0.3 is 12.1 Å². The molecule has 1 atom stereocenters. The summed E-state index contributed by atoms with van der Waals surface area (Å²) in [6.07, 6.45) is -5.55. The van der Waals surface area contributed by atoms with Crippen molar-refractivity contribution in [3.8, 4) is 23.0 Å². The van der Waals surface area contributed by atoms with Crippen molar-refractivity contribution < 1.29 is 37.3 Å². The fourth-order valence-corrected chi connectivity index (χ4v) is 3.87. The van der Waals surface area contributed by atoms with E-state index in [1.165, 1.54) is 13.0 Å². The number of aromatic nitrogens is 1. The van der Waals surface area contributed by atoms with E-state index in [1.807, 2.05) is 0 Å². The van der Waals surface area contributed by atoms with Crippen molar-refractivity contribution in [3.63, 3.8) is 0 Å².